The van der Waals surface area contributed by atoms with Crippen LogP contribution < -0.4 is 5.32 Å². The molecule has 1 rings (SSSR count). The van der Waals surface area contributed by atoms with E-state index in [4.69, 9.17) is 0 Å². The van der Waals surface area contributed by atoms with Crippen LogP contribution in [0.1, 0.15) is 35.7 Å². The molecule has 4 nitrogen and oxygen atoms in total. The van der Waals surface area contributed by atoms with Gasteiger partial charge in [-0.2, -0.15) is 0 Å². The lowest BCUT2D eigenvalue weighted by Gasteiger charge is -2.09. The summed E-state index contributed by atoms with van der Waals surface area (Å²) in [6.07, 6.45) is 0.880. The number of nitrogens with one attached hydrogen (secondary N) is 1. The second-order valence-corrected chi connectivity index (χ2v) is 4.11. The van der Waals surface area contributed by atoms with E-state index < -0.39 is 0 Å². The molecule has 0 aliphatic carbocycles. The Hall–Kier alpha value is -1.55. The smallest absolute Gasteiger partial charge is 0.251 e. The van der Waals surface area contributed by atoms with E-state index in [-0.39, 0.29) is 17.8 Å². The highest BCUT2D eigenvalue weighted by molar-refractivity contribution is 5.94. The molecule has 0 aliphatic rings. The molecular formula is C13H19NO3. The van der Waals surface area contributed by atoms with Gasteiger partial charge in [-0.05, 0) is 43.5 Å². The number of aryl methyl sites for hydroxylation is 1. The van der Waals surface area contributed by atoms with E-state index in [1.807, 2.05) is 6.92 Å². The highest BCUT2D eigenvalue weighted by Gasteiger charge is 2.07. The first kappa shape index (κ1) is 13.5. The van der Waals surface area contributed by atoms with Crippen LogP contribution in [-0.4, -0.2) is 28.8 Å². The third-order valence-electron chi connectivity index (χ3n) is 2.69. The molecule has 1 atom stereocenters. The number of carbonyl (C=O) groups is 1. The predicted molar refractivity (Wildman–Crippen MR) is 66.1 cm³/mol. The first-order chi connectivity index (χ1) is 8.04. The zero-order valence-electron chi connectivity index (χ0n) is 10.2. The fraction of sp³-hybridized carbons (Fsp3) is 0.462. The van der Waals surface area contributed by atoms with Gasteiger partial charge in [0.05, 0.1) is 6.10 Å². The van der Waals surface area contributed by atoms with Crippen molar-refractivity contribution in [2.45, 2.75) is 32.8 Å². The Morgan fingerprint density at radius 2 is 2.18 bits per heavy atom. The van der Waals surface area contributed by atoms with Crippen LogP contribution in [0.2, 0.25) is 0 Å². The molecule has 0 spiro atoms. The minimum absolute atomic E-state index is 0.183. The normalized spacial score (nSPS) is 12.2. The van der Waals surface area contributed by atoms with Crippen LogP contribution in [0.5, 0.6) is 5.75 Å². The SMILES string of the molecule is CCC(O)CCNC(=O)c1ccc(O)c(C)c1. The molecule has 0 bridgehead atoms. The maximum Gasteiger partial charge on any atom is 0.251 e. The molecule has 4 heteroatoms. The summed E-state index contributed by atoms with van der Waals surface area (Å²) in [4.78, 5) is 11.7. The number of aliphatic hydroxyl groups is 1. The van der Waals surface area contributed by atoms with E-state index in [9.17, 15) is 15.0 Å². The molecule has 0 aromatic heterocycles. The summed E-state index contributed by atoms with van der Waals surface area (Å²) < 4.78 is 0. The van der Waals surface area contributed by atoms with Gasteiger partial charge in [0.25, 0.3) is 5.91 Å². The number of amides is 1. The molecule has 94 valence electrons. The van der Waals surface area contributed by atoms with Crippen molar-refractivity contribution in [2.24, 2.45) is 0 Å². The predicted octanol–water partition coefficient (Wildman–Crippen LogP) is 1.59. The summed E-state index contributed by atoms with van der Waals surface area (Å²) in [5.74, 6) is -0.000594. The van der Waals surface area contributed by atoms with Crippen LogP contribution >= 0.6 is 0 Å². The maximum absolute atomic E-state index is 11.7. The van der Waals surface area contributed by atoms with Crippen LogP contribution in [0, 0.1) is 6.92 Å². The molecule has 0 aliphatic heterocycles. The number of carbonyl (C=O) groups excluding carboxylic acids is 1. The van der Waals surface area contributed by atoms with Gasteiger partial charge in [0.2, 0.25) is 0 Å². The van der Waals surface area contributed by atoms with Gasteiger partial charge >= 0.3 is 0 Å². The van der Waals surface area contributed by atoms with Gasteiger partial charge in [0.1, 0.15) is 5.75 Å². The summed E-state index contributed by atoms with van der Waals surface area (Å²) in [6.45, 7) is 4.09. The van der Waals surface area contributed by atoms with Crippen LogP contribution in [0.25, 0.3) is 0 Å². The summed E-state index contributed by atoms with van der Waals surface area (Å²) in [5, 5.41) is 21.4. The molecule has 1 unspecified atom stereocenters. The third-order valence-corrected chi connectivity index (χ3v) is 2.69. The Labute approximate surface area is 101 Å². The fourth-order valence-electron chi connectivity index (χ4n) is 1.46. The number of phenolic OH excluding ortho intramolecular Hbond substituents is 1. The van der Waals surface area contributed by atoms with Crippen molar-refractivity contribution in [1.82, 2.24) is 5.32 Å². The molecule has 1 amide bonds. The second kappa shape index (κ2) is 6.25. The van der Waals surface area contributed by atoms with Gasteiger partial charge in [-0.15, -0.1) is 0 Å². The van der Waals surface area contributed by atoms with E-state index in [0.29, 0.717) is 30.5 Å². The first-order valence-electron chi connectivity index (χ1n) is 5.80. The van der Waals surface area contributed by atoms with Crippen LogP contribution in [0.4, 0.5) is 0 Å². The summed E-state index contributed by atoms with van der Waals surface area (Å²) >= 11 is 0. The van der Waals surface area contributed by atoms with Gasteiger partial charge < -0.3 is 15.5 Å². The molecule has 0 saturated carbocycles. The van der Waals surface area contributed by atoms with Crippen molar-refractivity contribution in [3.8, 4) is 5.75 Å². The number of hydrogen-bond donors (Lipinski definition) is 3. The van der Waals surface area contributed by atoms with E-state index in [2.05, 4.69) is 5.32 Å². The molecule has 1 aromatic rings. The Morgan fingerprint density at radius 3 is 2.76 bits per heavy atom. The van der Waals surface area contributed by atoms with Gasteiger partial charge in [0, 0.05) is 12.1 Å². The average molecular weight is 237 g/mol. The molecular weight excluding hydrogens is 218 g/mol. The standard InChI is InChI=1S/C13H19NO3/c1-3-11(15)6-7-14-13(17)10-4-5-12(16)9(2)8-10/h4-5,8,11,15-16H,3,6-7H2,1-2H3,(H,14,17). The quantitative estimate of drug-likeness (QED) is 0.728. The van der Waals surface area contributed by atoms with E-state index in [0.717, 1.165) is 0 Å². The number of aromatic hydroxyl groups is 1. The lowest BCUT2D eigenvalue weighted by Crippen LogP contribution is -2.27. The molecule has 0 heterocycles. The first-order valence-corrected chi connectivity index (χ1v) is 5.80. The van der Waals surface area contributed by atoms with Crippen molar-refractivity contribution in [3.05, 3.63) is 29.3 Å². The number of aliphatic hydroxyl groups excluding tert-OH is 1. The highest BCUT2D eigenvalue weighted by Crippen LogP contribution is 2.16. The molecule has 1 aromatic carbocycles. The highest BCUT2D eigenvalue weighted by atomic mass is 16.3. The lowest BCUT2D eigenvalue weighted by atomic mass is 10.1. The van der Waals surface area contributed by atoms with Crippen molar-refractivity contribution >= 4 is 5.91 Å². The fourth-order valence-corrected chi connectivity index (χ4v) is 1.46. The summed E-state index contributed by atoms with van der Waals surface area (Å²) in [6, 6.07) is 4.72. The second-order valence-electron chi connectivity index (χ2n) is 4.11. The molecule has 17 heavy (non-hydrogen) atoms. The third kappa shape index (κ3) is 4.07. The minimum Gasteiger partial charge on any atom is -0.508 e. The Balaban J connectivity index is 2.50. The number of phenols is 1. The summed E-state index contributed by atoms with van der Waals surface area (Å²) in [7, 11) is 0. The van der Waals surface area contributed by atoms with E-state index in [1.165, 1.54) is 6.07 Å². The topological polar surface area (TPSA) is 69.6 Å². The van der Waals surface area contributed by atoms with Crippen LogP contribution in [0.3, 0.4) is 0 Å². The average Bonchev–Trinajstić information content (AvgIpc) is 2.32. The maximum atomic E-state index is 11.7. The molecule has 0 fully saturated rings. The van der Waals surface area contributed by atoms with Crippen molar-refractivity contribution in [1.29, 1.82) is 0 Å². The molecule has 0 saturated heterocycles. The van der Waals surface area contributed by atoms with Crippen molar-refractivity contribution < 1.29 is 15.0 Å². The van der Waals surface area contributed by atoms with Crippen LogP contribution in [-0.2, 0) is 0 Å². The van der Waals surface area contributed by atoms with E-state index in [1.54, 1.807) is 19.1 Å². The molecule has 3 N–H and O–H groups in total. The minimum atomic E-state index is -0.364. The van der Waals surface area contributed by atoms with Gasteiger partial charge in [0.15, 0.2) is 0 Å². The van der Waals surface area contributed by atoms with Crippen LogP contribution in [0.15, 0.2) is 18.2 Å². The zero-order valence-corrected chi connectivity index (χ0v) is 10.2. The monoisotopic (exact) mass is 237 g/mol. The van der Waals surface area contributed by atoms with Gasteiger partial charge in [-0.25, -0.2) is 0 Å². The molecule has 0 radical (unpaired) electrons. The zero-order chi connectivity index (χ0) is 12.8. The Morgan fingerprint density at radius 1 is 1.47 bits per heavy atom. The summed E-state index contributed by atoms with van der Waals surface area (Å²) in [5.41, 5.74) is 1.19. The number of rotatable bonds is 5. The van der Waals surface area contributed by atoms with Crippen molar-refractivity contribution in [2.75, 3.05) is 6.54 Å². The Kier molecular flexibility index (Phi) is 4.97. The lowest BCUT2D eigenvalue weighted by molar-refractivity contribution is 0.0942. The van der Waals surface area contributed by atoms with Crippen molar-refractivity contribution in [3.63, 3.8) is 0 Å². The largest absolute Gasteiger partial charge is 0.508 e. The van der Waals surface area contributed by atoms with Gasteiger partial charge in [-0.1, -0.05) is 6.92 Å². The van der Waals surface area contributed by atoms with E-state index >= 15 is 0 Å². The number of benzene rings is 1. The number of hydrogen-bond acceptors (Lipinski definition) is 3. The Bertz CT molecular complexity index is 390. The van der Waals surface area contributed by atoms with Gasteiger partial charge in [-0.3, -0.25) is 4.79 Å².